The third-order valence-electron chi connectivity index (χ3n) is 4.60. The average molecular weight is 353 g/mol. The Kier molecular flexibility index (Phi) is 4.58. The highest BCUT2D eigenvalue weighted by Gasteiger charge is 2.18. The van der Waals surface area contributed by atoms with Crippen molar-refractivity contribution in [2.24, 2.45) is 0 Å². The number of methoxy groups -OCH3 is 1. The van der Waals surface area contributed by atoms with Crippen molar-refractivity contribution >= 4 is 6.29 Å². The molecule has 27 heavy (non-hydrogen) atoms. The van der Waals surface area contributed by atoms with Crippen LogP contribution in [0.3, 0.4) is 0 Å². The monoisotopic (exact) mass is 353 g/mol. The third-order valence-corrected chi connectivity index (χ3v) is 4.60. The minimum absolute atomic E-state index is 0.663. The summed E-state index contributed by atoms with van der Waals surface area (Å²) >= 11 is 0. The lowest BCUT2D eigenvalue weighted by Gasteiger charge is -2.15. The second-order valence-corrected chi connectivity index (χ2v) is 6.22. The summed E-state index contributed by atoms with van der Waals surface area (Å²) in [7, 11) is 1.65. The lowest BCUT2D eigenvalue weighted by molar-refractivity contribution is 0.112. The van der Waals surface area contributed by atoms with E-state index < -0.39 is 0 Å². The van der Waals surface area contributed by atoms with Gasteiger partial charge < -0.3 is 9.30 Å². The Balaban J connectivity index is 2.02. The number of aromatic nitrogens is 1. The fourth-order valence-corrected chi connectivity index (χ4v) is 3.33. The van der Waals surface area contributed by atoms with Crippen molar-refractivity contribution in [2.75, 3.05) is 7.11 Å². The largest absolute Gasteiger partial charge is 0.497 e. The van der Waals surface area contributed by atoms with Crippen LogP contribution in [0.25, 0.3) is 28.2 Å². The highest BCUT2D eigenvalue weighted by molar-refractivity contribution is 5.91. The maximum atomic E-state index is 11.9. The van der Waals surface area contributed by atoms with Gasteiger partial charge in [-0.2, -0.15) is 0 Å². The number of carbonyl (C=O) groups excluding carboxylic acids is 1. The van der Waals surface area contributed by atoms with Crippen molar-refractivity contribution in [1.29, 1.82) is 0 Å². The molecule has 0 bridgehead atoms. The fourth-order valence-electron chi connectivity index (χ4n) is 3.33. The van der Waals surface area contributed by atoms with Crippen LogP contribution in [0, 0.1) is 0 Å². The normalized spacial score (nSPS) is 10.6. The number of benzene rings is 3. The van der Waals surface area contributed by atoms with E-state index in [4.69, 9.17) is 4.74 Å². The first-order valence-electron chi connectivity index (χ1n) is 8.78. The molecule has 3 nitrogen and oxygen atoms in total. The van der Waals surface area contributed by atoms with Crippen LogP contribution in [0.1, 0.15) is 10.4 Å². The van der Waals surface area contributed by atoms with E-state index in [2.05, 4.69) is 16.7 Å². The van der Waals surface area contributed by atoms with Gasteiger partial charge in [-0.25, -0.2) is 0 Å². The number of ether oxygens (including phenoxy) is 1. The van der Waals surface area contributed by atoms with E-state index in [1.54, 1.807) is 7.11 Å². The highest BCUT2D eigenvalue weighted by Crippen LogP contribution is 2.35. The van der Waals surface area contributed by atoms with Crippen LogP contribution in [0.5, 0.6) is 5.75 Å². The second kappa shape index (κ2) is 7.34. The molecule has 0 atom stereocenters. The van der Waals surface area contributed by atoms with Gasteiger partial charge in [-0.3, -0.25) is 4.79 Å². The van der Waals surface area contributed by atoms with Gasteiger partial charge in [0.15, 0.2) is 6.29 Å². The van der Waals surface area contributed by atoms with E-state index in [1.807, 2.05) is 78.9 Å². The first-order chi connectivity index (χ1) is 13.3. The Bertz CT molecular complexity index is 1050. The molecule has 0 saturated carbocycles. The van der Waals surface area contributed by atoms with Crippen molar-refractivity contribution in [3.05, 3.63) is 96.6 Å². The van der Waals surface area contributed by atoms with E-state index >= 15 is 0 Å². The van der Waals surface area contributed by atoms with E-state index in [0.29, 0.717) is 5.56 Å². The van der Waals surface area contributed by atoms with Crippen molar-refractivity contribution in [3.8, 4) is 34.0 Å². The van der Waals surface area contributed by atoms with Gasteiger partial charge >= 0.3 is 0 Å². The zero-order chi connectivity index (χ0) is 18.6. The molecule has 1 heterocycles. The zero-order valence-electron chi connectivity index (χ0n) is 15.0. The topological polar surface area (TPSA) is 31.2 Å². The maximum Gasteiger partial charge on any atom is 0.152 e. The van der Waals surface area contributed by atoms with Crippen molar-refractivity contribution in [2.45, 2.75) is 0 Å². The molecule has 0 spiro atoms. The SMILES string of the molecule is COc1ccc(-n2c(-c3ccccc3)cc(C=O)c2-c2ccccc2)cc1. The van der Waals surface area contributed by atoms with Crippen molar-refractivity contribution < 1.29 is 9.53 Å². The lowest BCUT2D eigenvalue weighted by atomic mass is 10.1. The number of carbonyl (C=O) groups is 1. The number of nitrogens with zero attached hydrogens (tertiary/aromatic N) is 1. The fraction of sp³-hybridized carbons (Fsp3) is 0.0417. The first kappa shape index (κ1) is 16.9. The molecule has 0 amide bonds. The number of hydrogen-bond acceptors (Lipinski definition) is 2. The van der Waals surface area contributed by atoms with Gasteiger partial charge in [0.25, 0.3) is 0 Å². The van der Waals surface area contributed by atoms with Gasteiger partial charge in [0.1, 0.15) is 5.75 Å². The molecule has 0 aliphatic heterocycles. The summed E-state index contributed by atoms with van der Waals surface area (Å²) in [6, 6.07) is 29.9. The van der Waals surface area contributed by atoms with Crippen molar-refractivity contribution in [1.82, 2.24) is 4.57 Å². The Morgan fingerprint density at radius 2 is 1.37 bits per heavy atom. The quantitative estimate of drug-likeness (QED) is 0.435. The van der Waals surface area contributed by atoms with E-state index in [9.17, 15) is 4.79 Å². The zero-order valence-corrected chi connectivity index (χ0v) is 15.0. The van der Waals surface area contributed by atoms with E-state index in [-0.39, 0.29) is 0 Å². The number of aldehydes is 1. The van der Waals surface area contributed by atoms with Gasteiger partial charge in [0, 0.05) is 11.3 Å². The van der Waals surface area contributed by atoms with E-state index in [0.717, 1.165) is 40.2 Å². The average Bonchev–Trinajstić information content (AvgIpc) is 3.15. The molecule has 0 unspecified atom stereocenters. The number of hydrogen-bond donors (Lipinski definition) is 0. The summed E-state index contributed by atoms with van der Waals surface area (Å²) in [5.41, 5.74) is 5.55. The third kappa shape index (κ3) is 3.15. The molecule has 0 radical (unpaired) electrons. The Morgan fingerprint density at radius 1 is 0.778 bits per heavy atom. The first-order valence-corrected chi connectivity index (χ1v) is 8.78. The summed E-state index contributed by atoms with van der Waals surface area (Å²) in [6.07, 6.45) is 0.925. The predicted octanol–water partition coefficient (Wildman–Crippen LogP) is 5.63. The molecule has 4 rings (SSSR count). The summed E-state index contributed by atoms with van der Waals surface area (Å²) in [6.45, 7) is 0. The van der Waals surface area contributed by atoms with Crippen LogP contribution in [0.4, 0.5) is 0 Å². The van der Waals surface area contributed by atoms with Gasteiger partial charge in [0.05, 0.1) is 18.5 Å². The van der Waals surface area contributed by atoms with Crippen LogP contribution in [0.2, 0.25) is 0 Å². The smallest absolute Gasteiger partial charge is 0.152 e. The highest BCUT2D eigenvalue weighted by atomic mass is 16.5. The second-order valence-electron chi connectivity index (χ2n) is 6.22. The standard InChI is InChI=1S/C24H19NO2/c1-27-22-14-12-21(13-15-22)25-23(18-8-4-2-5-9-18)16-20(17-26)24(25)19-10-6-3-7-11-19/h2-17H,1H3. The minimum atomic E-state index is 0.663. The van der Waals surface area contributed by atoms with Crippen molar-refractivity contribution in [3.63, 3.8) is 0 Å². The number of rotatable bonds is 5. The summed E-state index contributed by atoms with van der Waals surface area (Å²) in [5, 5.41) is 0. The summed E-state index contributed by atoms with van der Waals surface area (Å²) in [4.78, 5) is 11.9. The van der Waals surface area contributed by atoms with Crippen LogP contribution in [0.15, 0.2) is 91.0 Å². The van der Waals surface area contributed by atoms with Crippen LogP contribution >= 0.6 is 0 Å². The molecule has 0 N–H and O–H groups in total. The summed E-state index contributed by atoms with van der Waals surface area (Å²) in [5.74, 6) is 0.795. The molecule has 0 aliphatic carbocycles. The lowest BCUT2D eigenvalue weighted by Crippen LogP contribution is -2.00. The molecular weight excluding hydrogens is 334 g/mol. The van der Waals surface area contributed by atoms with Crippen LogP contribution in [-0.4, -0.2) is 18.0 Å². The van der Waals surface area contributed by atoms with Crippen LogP contribution < -0.4 is 4.74 Å². The molecule has 0 fully saturated rings. The molecule has 1 aromatic heterocycles. The predicted molar refractivity (Wildman–Crippen MR) is 109 cm³/mol. The van der Waals surface area contributed by atoms with Gasteiger partial charge in [0.2, 0.25) is 0 Å². The molecule has 0 saturated heterocycles. The molecular formula is C24H19NO2. The Morgan fingerprint density at radius 3 is 1.93 bits per heavy atom. The Labute approximate surface area is 158 Å². The maximum absolute atomic E-state index is 11.9. The van der Waals surface area contributed by atoms with Crippen LogP contribution in [-0.2, 0) is 0 Å². The summed E-state index contributed by atoms with van der Waals surface area (Å²) < 4.78 is 7.43. The van der Waals surface area contributed by atoms with Gasteiger partial charge in [-0.1, -0.05) is 60.7 Å². The molecule has 0 aliphatic rings. The van der Waals surface area contributed by atoms with Gasteiger partial charge in [-0.15, -0.1) is 0 Å². The molecule has 4 aromatic rings. The van der Waals surface area contributed by atoms with Gasteiger partial charge in [-0.05, 0) is 41.5 Å². The van der Waals surface area contributed by atoms with E-state index in [1.165, 1.54) is 0 Å². The minimum Gasteiger partial charge on any atom is -0.497 e. The molecule has 132 valence electrons. The Hall–Kier alpha value is -3.59. The molecule has 3 aromatic carbocycles. The molecule has 3 heteroatoms.